The van der Waals surface area contributed by atoms with Gasteiger partial charge in [0.1, 0.15) is 5.82 Å². The van der Waals surface area contributed by atoms with Crippen molar-refractivity contribution in [2.24, 2.45) is 0 Å². The number of nitrogens with two attached hydrogens (primary N) is 1. The first kappa shape index (κ1) is 13.3. The molecule has 0 aliphatic rings. The Morgan fingerprint density at radius 1 is 1.29 bits per heavy atom. The quantitative estimate of drug-likeness (QED) is 0.572. The zero-order chi connectivity index (χ0) is 15.0. The predicted octanol–water partition coefficient (Wildman–Crippen LogP) is 3.43. The normalized spacial score (nSPS) is 10.7. The molecule has 3 aromatic rings. The molecule has 21 heavy (non-hydrogen) atoms. The van der Waals surface area contributed by atoms with E-state index in [1.807, 2.05) is 0 Å². The van der Waals surface area contributed by atoms with E-state index in [2.05, 4.69) is 10.2 Å². The van der Waals surface area contributed by atoms with Crippen LogP contribution in [0.3, 0.4) is 0 Å². The van der Waals surface area contributed by atoms with Crippen molar-refractivity contribution in [3.63, 3.8) is 0 Å². The number of thiophene rings is 1. The Morgan fingerprint density at radius 3 is 2.71 bits per heavy atom. The lowest BCUT2D eigenvalue weighted by molar-refractivity contribution is -0.380. The Labute approximate surface area is 122 Å². The molecular weight excluding hydrogens is 295 g/mol. The number of nitrogens with one attached hydrogen (secondary N) is 1. The number of anilines is 1. The second-order valence-corrected chi connectivity index (χ2v) is 5.30. The number of hydrogen-bond donors (Lipinski definition) is 2. The topological polar surface area (TPSA) is 97.8 Å². The van der Waals surface area contributed by atoms with Gasteiger partial charge >= 0.3 is 5.00 Å². The molecule has 3 rings (SSSR count). The van der Waals surface area contributed by atoms with Crippen LogP contribution in [0.25, 0.3) is 21.7 Å². The second kappa shape index (κ2) is 4.98. The molecule has 0 aliphatic heterocycles. The lowest BCUT2D eigenvalue weighted by Crippen LogP contribution is -1.90. The minimum Gasteiger partial charge on any atom is -0.382 e. The van der Waals surface area contributed by atoms with Crippen LogP contribution in [0.1, 0.15) is 0 Å². The van der Waals surface area contributed by atoms with Crippen molar-refractivity contribution in [3.05, 3.63) is 52.3 Å². The summed E-state index contributed by atoms with van der Waals surface area (Å²) in [6.45, 7) is 0. The van der Waals surface area contributed by atoms with E-state index < -0.39 is 10.7 Å². The highest BCUT2D eigenvalue weighted by molar-refractivity contribution is 7.18. The van der Waals surface area contributed by atoms with Crippen LogP contribution in [0.5, 0.6) is 0 Å². The van der Waals surface area contributed by atoms with Gasteiger partial charge in [0, 0.05) is 11.6 Å². The maximum Gasteiger partial charge on any atom is 0.324 e. The Morgan fingerprint density at radius 2 is 2.05 bits per heavy atom. The van der Waals surface area contributed by atoms with E-state index in [9.17, 15) is 14.5 Å². The lowest BCUT2D eigenvalue weighted by Gasteiger charge is -2.04. The molecule has 0 atom stereocenters. The number of halogens is 1. The standard InChI is InChI=1S/C13H9FN4O2S/c14-8-4-2-1-3-7(8)11-12(16-17-13(11)15)9-5-6-10(21-9)18(19)20/h1-6H,(H3,15,16,17). The van der Waals surface area contributed by atoms with Gasteiger partial charge in [-0.05, 0) is 12.1 Å². The van der Waals surface area contributed by atoms with Crippen LogP contribution < -0.4 is 5.73 Å². The molecule has 1 aromatic carbocycles. The lowest BCUT2D eigenvalue weighted by atomic mass is 10.0. The second-order valence-electron chi connectivity index (χ2n) is 4.23. The monoisotopic (exact) mass is 304 g/mol. The summed E-state index contributed by atoms with van der Waals surface area (Å²) < 4.78 is 14.0. The summed E-state index contributed by atoms with van der Waals surface area (Å²) >= 11 is 0.974. The molecule has 0 unspecified atom stereocenters. The van der Waals surface area contributed by atoms with E-state index in [0.29, 0.717) is 21.7 Å². The molecule has 0 amide bonds. The molecule has 2 aromatic heterocycles. The first-order valence-electron chi connectivity index (χ1n) is 5.91. The van der Waals surface area contributed by atoms with Crippen LogP contribution in [0.15, 0.2) is 36.4 Å². The zero-order valence-corrected chi connectivity index (χ0v) is 11.4. The summed E-state index contributed by atoms with van der Waals surface area (Å²) in [4.78, 5) is 10.9. The van der Waals surface area contributed by atoms with Crippen molar-refractivity contribution >= 4 is 22.2 Å². The van der Waals surface area contributed by atoms with Crippen LogP contribution in [0, 0.1) is 15.9 Å². The van der Waals surface area contributed by atoms with Gasteiger partial charge in [-0.2, -0.15) is 5.10 Å². The van der Waals surface area contributed by atoms with Gasteiger partial charge in [0.2, 0.25) is 0 Å². The highest BCUT2D eigenvalue weighted by Crippen LogP contribution is 2.40. The van der Waals surface area contributed by atoms with Gasteiger partial charge in [-0.3, -0.25) is 15.2 Å². The fourth-order valence-corrected chi connectivity index (χ4v) is 2.85. The van der Waals surface area contributed by atoms with Gasteiger partial charge in [-0.15, -0.1) is 0 Å². The number of rotatable bonds is 3. The first-order chi connectivity index (χ1) is 10.1. The smallest absolute Gasteiger partial charge is 0.324 e. The molecule has 0 bridgehead atoms. The third kappa shape index (κ3) is 2.25. The number of nitrogens with zero attached hydrogens (tertiary/aromatic N) is 2. The molecule has 3 N–H and O–H groups in total. The van der Waals surface area contributed by atoms with Crippen LogP contribution in [0.2, 0.25) is 0 Å². The van der Waals surface area contributed by atoms with Gasteiger partial charge in [-0.1, -0.05) is 29.5 Å². The predicted molar refractivity (Wildman–Crippen MR) is 78.4 cm³/mol. The zero-order valence-electron chi connectivity index (χ0n) is 10.5. The number of hydrogen-bond acceptors (Lipinski definition) is 5. The molecule has 106 valence electrons. The molecule has 0 radical (unpaired) electrons. The van der Waals surface area contributed by atoms with Crippen molar-refractivity contribution in [1.29, 1.82) is 0 Å². The summed E-state index contributed by atoms with van der Waals surface area (Å²) in [7, 11) is 0. The largest absolute Gasteiger partial charge is 0.382 e. The van der Waals surface area contributed by atoms with Crippen LogP contribution >= 0.6 is 11.3 Å². The SMILES string of the molecule is Nc1n[nH]c(-c2ccc([N+](=O)[O-])s2)c1-c1ccccc1F. The molecule has 0 saturated heterocycles. The molecule has 8 heteroatoms. The number of aromatic nitrogens is 2. The Balaban J connectivity index is 2.17. The highest BCUT2D eigenvalue weighted by Gasteiger charge is 2.20. The van der Waals surface area contributed by atoms with E-state index in [-0.39, 0.29) is 10.8 Å². The summed E-state index contributed by atoms with van der Waals surface area (Å²) in [6, 6.07) is 9.14. The van der Waals surface area contributed by atoms with Crippen LogP contribution in [-0.2, 0) is 0 Å². The molecular formula is C13H9FN4O2S. The van der Waals surface area contributed by atoms with Gasteiger partial charge in [0.15, 0.2) is 5.82 Å². The molecule has 2 heterocycles. The summed E-state index contributed by atoms with van der Waals surface area (Å²) in [5, 5.41) is 17.4. The fourth-order valence-electron chi connectivity index (χ4n) is 2.03. The summed E-state index contributed by atoms with van der Waals surface area (Å²) in [5.74, 6) is -0.288. The third-order valence-electron chi connectivity index (χ3n) is 2.96. The van der Waals surface area contributed by atoms with Crippen molar-refractivity contribution in [2.45, 2.75) is 0 Å². The molecule has 0 spiro atoms. The molecule has 0 fully saturated rings. The number of H-pyrrole nitrogens is 1. The van der Waals surface area contributed by atoms with Gasteiger partial charge in [0.25, 0.3) is 0 Å². The van der Waals surface area contributed by atoms with Gasteiger partial charge < -0.3 is 5.73 Å². The highest BCUT2D eigenvalue weighted by atomic mass is 32.1. The van der Waals surface area contributed by atoms with Crippen molar-refractivity contribution in [1.82, 2.24) is 10.2 Å². The molecule has 6 nitrogen and oxygen atoms in total. The van der Waals surface area contributed by atoms with E-state index >= 15 is 0 Å². The van der Waals surface area contributed by atoms with Crippen LogP contribution in [-0.4, -0.2) is 15.1 Å². The molecule has 0 aliphatic carbocycles. The Kier molecular flexibility index (Phi) is 3.15. The van der Waals surface area contributed by atoms with Crippen molar-refractivity contribution < 1.29 is 9.31 Å². The minimum atomic E-state index is -0.476. The Bertz CT molecular complexity index is 827. The maximum atomic E-state index is 14.0. The van der Waals surface area contributed by atoms with Crippen LogP contribution in [0.4, 0.5) is 15.2 Å². The fraction of sp³-hybridized carbons (Fsp3) is 0. The van der Waals surface area contributed by atoms with Crippen molar-refractivity contribution in [3.8, 4) is 21.7 Å². The van der Waals surface area contributed by atoms with E-state index in [1.54, 1.807) is 24.3 Å². The number of nitrogen functional groups attached to an aromatic ring is 1. The summed E-state index contributed by atoms with van der Waals surface area (Å²) in [6.07, 6.45) is 0. The Hall–Kier alpha value is -2.74. The van der Waals surface area contributed by atoms with E-state index in [0.717, 1.165) is 11.3 Å². The summed E-state index contributed by atoms with van der Waals surface area (Å²) in [5.41, 5.74) is 6.98. The number of aromatic amines is 1. The minimum absolute atomic E-state index is 0.00217. The van der Waals surface area contributed by atoms with Gasteiger partial charge in [0.05, 0.1) is 21.1 Å². The van der Waals surface area contributed by atoms with E-state index in [4.69, 9.17) is 5.73 Å². The third-order valence-corrected chi connectivity index (χ3v) is 4.01. The average Bonchev–Trinajstić information content (AvgIpc) is 3.06. The van der Waals surface area contributed by atoms with Gasteiger partial charge in [-0.25, -0.2) is 4.39 Å². The van der Waals surface area contributed by atoms with E-state index in [1.165, 1.54) is 12.1 Å². The first-order valence-corrected chi connectivity index (χ1v) is 6.73. The maximum absolute atomic E-state index is 14.0. The molecule has 0 saturated carbocycles. The van der Waals surface area contributed by atoms with Crippen molar-refractivity contribution in [2.75, 3.05) is 5.73 Å². The number of nitro groups is 1. The number of benzene rings is 1. The average molecular weight is 304 g/mol.